The van der Waals surface area contributed by atoms with E-state index in [2.05, 4.69) is 6.92 Å². The predicted molar refractivity (Wildman–Crippen MR) is 89.1 cm³/mol. The summed E-state index contributed by atoms with van der Waals surface area (Å²) in [5, 5.41) is 1.42. The van der Waals surface area contributed by atoms with E-state index in [1.165, 1.54) is 11.3 Å². The molecule has 1 fully saturated rings. The smallest absolute Gasteiger partial charge is 0.266 e. The lowest BCUT2D eigenvalue weighted by Gasteiger charge is -2.32. The summed E-state index contributed by atoms with van der Waals surface area (Å²) < 4.78 is 0.970. The number of hydrogen-bond acceptors (Lipinski definition) is 4. The molecule has 0 spiro atoms. The van der Waals surface area contributed by atoms with E-state index in [1.807, 2.05) is 28.8 Å². The molecule has 0 radical (unpaired) electrons. The van der Waals surface area contributed by atoms with E-state index in [0.29, 0.717) is 15.6 Å². The van der Waals surface area contributed by atoms with Crippen LogP contribution in [-0.4, -0.2) is 34.9 Å². The Labute approximate surface area is 131 Å². The van der Waals surface area contributed by atoms with Crippen molar-refractivity contribution in [3.8, 4) is 0 Å². The molecule has 2 aromatic rings. The molecule has 6 heteroatoms. The van der Waals surface area contributed by atoms with Crippen LogP contribution in [0.15, 0.2) is 18.2 Å². The van der Waals surface area contributed by atoms with Crippen LogP contribution in [0.5, 0.6) is 0 Å². The minimum atomic E-state index is 0.0348. The Morgan fingerprint density at radius 2 is 2.30 bits per heavy atom. The van der Waals surface area contributed by atoms with Gasteiger partial charge in [-0.1, -0.05) is 17.7 Å². The molecule has 0 saturated carbocycles. The number of halogens is 1. The van der Waals surface area contributed by atoms with E-state index in [4.69, 9.17) is 17.3 Å². The molecule has 1 aromatic carbocycles. The molecule has 106 valence electrons. The number of thioether (sulfide) groups is 1. The summed E-state index contributed by atoms with van der Waals surface area (Å²) >= 11 is 9.52. The first-order valence-electron chi connectivity index (χ1n) is 6.45. The van der Waals surface area contributed by atoms with Gasteiger partial charge in [0.25, 0.3) is 5.91 Å². The minimum Gasteiger partial charge on any atom is -0.397 e. The zero-order valence-electron chi connectivity index (χ0n) is 11.1. The molecule has 1 saturated heterocycles. The van der Waals surface area contributed by atoms with Gasteiger partial charge in [-0.25, -0.2) is 0 Å². The van der Waals surface area contributed by atoms with Crippen LogP contribution < -0.4 is 5.73 Å². The minimum absolute atomic E-state index is 0.0348. The van der Waals surface area contributed by atoms with E-state index < -0.39 is 0 Å². The van der Waals surface area contributed by atoms with Gasteiger partial charge in [0.2, 0.25) is 0 Å². The summed E-state index contributed by atoms with van der Waals surface area (Å²) in [7, 11) is 0. The lowest BCUT2D eigenvalue weighted by Crippen LogP contribution is -2.44. The third-order valence-corrected chi connectivity index (χ3v) is 6.19. The molecule has 1 atom stereocenters. The molecule has 2 N–H and O–H groups in total. The number of thiophene rings is 1. The van der Waals surface area contributed by atoms with Crippen LogP contribution in [0.3, 0.4) is 0 Å². The number of nitrogens with two attached hydrogens (primary N) is 1. The number of nitrogen functional groups attached to an aromatic ring is 1. The maximum absolute atomic E-state index is 12.7. The second kappa shape index (κ2) is 5.47. The van der Waals surface area contributed by atoms with Crippen molar-refractivity contribution in [2.45, 2.75) is 13.0 Å². The summed E-state index contributed by atoms with van der Waals surface area (Å²) in [5.74, 6) is 2.01. The molecule has 1 amide bonds. The molecular formula is C14H15ClN2OS2. The van der Waals surface area contributed by atoms with Crippen molar-refractivity contribution in [1.29, 1.82) is 0 Å². The Hall–Kier alpha value is -0.910. The van der Waals surface area contributed by atoms with Crippen LogP contribution >= 0.6 is 34.7 Å². The normalized spacial score (nSPS) is 19.5. The first kappa shape index (κ1) is 14.0. The van der Waals surface area contributed by atoms with Crippen molar-refractivity contribution in [1.82, 2.24) is 4.90 Å². The molecule has 0 aliphatic carbocycles. The Bertz CT molecular complexity index is 670. The van der Waals surface area contributed by atoms with E-state index in [-0.39, 0.29) is 11.9 Å². The lowest BCUT2D eigenvalue weighted by molar-refractivity contribution is 0.0722. The number of nitrogens with zero attached hydrogens (tertiary/aromatic N) is 1. The molecular weight excluding hydrogens is 312 g/mol. The zero-order chi connectivity index (χ0) is 14.3. The van der Waals surface area contributed by atoms with E-state index in [0.717, 1.165) is 28.1 Å². The van der Waals surface area contributed by atoms with Crippen molar-refractivity contribution in [2.24, 2.45) is 0 Å². The summed E-state index contributed by atoms with van der Waals surface area (Å²) in [6, 6.07) is 5.89. The van der Waals surface area contributed by atoms with E-state index in [1.54, 1.807) is 6.07 Å². The van der Waals surface area contributed by atoms with Gasteiger partial charge in [0.1, 0.15) is 4.88 Å². The predicted octanol–water partition coefficient (Wildman–Crippen LogP) is 3.71. The fraction of sp³-hybridized carbons (Fsp3) is 0.357. The Morgan fingerprint density at radius 3 is 3.00 bits per heavy atom. The highest BCUT2D eigenvalue weighted by atomic mass is 35.5. The van der Waals surface area contributed by atoms with Gasteiger partial charge >= 0.3 is 0 Å². The molecule has 0 bridgehead atoms. The summed E-state index contributed by atoms with van der Waals surface area (Å²) in [5.41, 5.74) is 6.69. The maximum atomic E-state index is 12.7. The molecule has 20 heavy (non-hydrogen) atoms. The van der Waals surface area contributed by atoms with Crippen LogP contribution in [0.25, 0.3) is 10.1 Å². The Morgan fingerprint density at radius 1 is 1.50 bits per heavy atom. The highest BCUT2D eigenvalue weighted by Crippen LogP contribution is 2.39. The van der Waals surface area contributed by atoms with Crippen molar-refractivity contribution >= 4 is 56.4 Å². The van der Waals surface area contributed by atoms with Gasteiger partial charge in [-0.3, -0.25) is 4.79 Å². The molecule has 3 rings (SSSR count). The fourth-order valence-electron chi connectivity index (χ4n) is 2.45. The second-order valence-corrected chi connectivity index (χ2v) is 7.49. The average Bonchev–Trinajstić information content (AvgIpc) is 2.77. The van der Waals surface area contributed by atoms with E-state index in [9.17, 15) is 4.79 Å². The first-order chi connectivity index (χ1) is 9.59. The maximum Gasteiger partial charge on any atom is 0.266 e. The van der Waals surface area contributed by atoms with Crippen LogP contribution in [0, 0.1) is 0 Å². The Balaban J connectivity index is 2.03. The van der Waals surface area contributed by atoms with Crippen LogP contribution in [0.2, 0.25) is 5.02 Å². The second-order valence-electron chi connectivity index (χ2n) is 4.88. The summed E-state index contributed by atoms with van der Waals surface area (Å²) in [6.07, 6.45) is 0. The average molecular weight is 327 g/mol. The number of amides is 1. The number of hydrogen-bond donors (Lipinski definition) is 1. The largest absolute Gasteiger partial charge is 0.397 e. The molecule has 1 aliphatic rings. The van der Waals surface area contributed by atoms with Gasteiger partial charge in [-0.15, -0.1) is 11.3 Å². The number of rotatable bonds is 1. The summed E-state index contributed by atoms with van der Waals surface area (Å²) in [4.78, 5) is 15.3. The molecule has 1 aliphatic heterocycles. The quantitative estimate of drug-likeness (QED) is 0.869. The van der Waals surface area contributed by atoms with Crippen molar-refractivity contribution in [3.63, 3.8) is 0 Å². The van der Waals surface area contributed by atoms with Crippen molar-refractivity contribution in [3.05, 3.63) is 28.1 Å². The monoisotopic (exact) mass is 326 g/mol. The van der Waals surface area contributed by atoms with Gasteiger partial charge in [-0.2, -0.15) is 11.8 Å². The van der Waals surface area contributed by atoms with Gasteiger partial charge in [0.15, 0.2) is 0 Å². The third kappa shape index (κ3) is 2.28. The molecule has 1 unspecified atom stereocenters. The van der Waals surface area contributed by atoms with Crippen LogP contribution in [-0.2, 0) is 0 Å². The van der Waals surface area contributed by atoms with Gasteiger partial charge < -0.3 is 10.6 Å². The van der Waals surface area contributed by atoms with Gasteiger partial charge in [0.05, 0.1) is 10.7 Å². The number of fused-ring (bicyclic) bond motifs is 1. The van der Waals surface area contributed by atoms with E-state index >= 15 is 0 Å². The standard InChI is InChI=1S/C14H15ClN2OS2/c1-8-7-19-6-5-17(8)14(18)13-12(16)11-9(15)3-2-4-10(11)20-13/h2-4,8H,5-7,16H2,1H3. The summed E-state index contributed by atoms with van der Waals surface area (Å²) in [6.45, 7) is 2.87. The Kier molecular flexibility index (Phi) is 3.84. The van der Waals surface area contributed by atoms with Crippen molar-refractivity contribution < 1.29 is 4.79 Å². The molecule has 2 heterocycles. The van der Waals surface area contributed by atoms with Gasteiger partial charge in [-0.05, 0) is 19.1 Å². The zero-order valence-corrected chi connectivity index (χ0v) is 13.4. The van der Waals surface area contributed by atoms with Gasteiger partial charge in [0, 0.05) is 34.2 Å². The highest BCUT2D eigenvalue weighted by Gasteiger charge is 2.28. The fourth-order valence-corrected chi connectivity index (χ4v) is 4.90. The first-order valence-corrected chi connectivity index (χ1v) is 8.79. The number of benzene rings is 1. The number of carbonyl (C=O) groups excluding carboxylic acids is 1. The van der Waals surface area contributed by atoms with Crippen LogP contribution in [0.1, 0.15) is 16.6 Å². The van der Waals surface area contributed by atoms with Crippen LogP contribution in [0.4, 0.5) is 5.69 Å². The lowest BCUT2D eigenvalue weighted by atomic mass is 10.2. The highest BCUT2D eigenvalue weighted by molar-refractivity contribution is 7.99. The number of carbonyl (C=O) groups is 1. The molecule has 3 nitrogen and oxygen atoms in total. The third-order valence-electron chi connectivity index (χ3n) is 3.52. The SMILES string of the molecule is CC1CSCCN1C(=O)c1sc2cccc(Cl)c2c1N. The molecule has 1 aromatic heterocycles. The van der Waals surface area contributed by atoms with Crippen molar-refractivity contribution in [2.75, 3.05) is 23.8 Å². The number of anilines is 1. The topological polar surface area (TPSA) is 46.3 Å².